The van der Waals surface area contributed by atoms with Gasteiger partial charge >= 0.3 is 5.97 Å². The topological polar surface area (TPSA) is 63.7 Å². The van der Waals surface area contributed by atoms with Crippen molar-refractivity contribution in [1.82, 2.24) is 4.90 Å². The van der Waals surface area contributed by atoms with Gasteiger partial charge in [-0.2, -0.15) is 0 Å². The number of halogens is 1. The van der Waals surface area contributed by atoms with E-state index in [0.29, 0.717) is 0 Å². The lowest BCUT2D eigenvalue weighted by atomic mass is 10.1. The van der Waals surface area contributed by atoms with Crippen molar-refractivity contribution in [2.45, 2.75) is 19.4 Å². The van der Waals surface area contributed by atoms with Gasteiger partial charge in [-0.3, -0.25) is 14.4 Å². The zero-order valence-corrected chi connectivity index (χ0v) is 14.9. The highest BCUT2D eigenvalue weighted by molar-refractivity contribution is 5.98. The van der Waals surface area contributed by atoms with E-state index in [1.165, 1.54) is 24.3 Å². The molecular formula is C21H20FNO4. The molecule has 1 heterocycles. The summed E-state index contributed by atoms with van der Waals surface area (Å²) in [6.45, 7) is 1.75. The van der Waals surface area contributed by atoms with Crippen LogP contribution < -0.4 is 0 Å². The predicted octanol–water partition coefficient (Wildman–Crippen LogP) is 3.16. The number of esters is 1. The Balaban J connectivity index is 1.56. The first-order valence-corrected chi connectivity index (χ1v) is 8.75. The van der Waals surface area contributed by atoms with Crippen LogP contribution in [0, 0.1) is 11.7 Å². The van der Waals surface area contributed by atoms with E-state index in [1.807, 2.05) is 37.3 Å². The third-order valence-electron chi connectivity index (χ3n) is 4.75. The molecule has 0 saturated carbocycles. The second kappa shape index (κ2) is 8.12. The van der Waals surface area contributed by atoms with Crippen molar-refractivity contribution in [2.24, 2.45) is 5.92 Å². The number of hydrogen-bond acceptors (Lipinski definition) is 4. The summed E-state index contributed by atoms with van der Waals surface area (Å²) in [6.07, 6.45) is 0.0702. The number of Topliss-reactive ketones (excluding diaryl/α,β-unsaturated/α-hetero) is 1. The zero-order valence-electron chi connectivity index (χ0n) is 14.9. The van der Waals surface area contributed by atoms with E-state index < -0.39 is 30.1 Å². The molecule has 6 heteroatoms. The van der Waals surface area contributed by atoms with E-state index in [2.05, 4.69) is 0 Å². The van der Waals surface area contributed by atoms with Crippen LogP contribution in [0.25, 0.3) is 0 Å². The SMILES string of the molecule is C[C@H](c1ccccc1)N1C[C@@H](C(=O)OCC(=O)c2ccc(F)cc2)CC1=O. The lowest BCUT2D eigenvalue weighted by molar-refractivity contribution is -0.147. The Bertz CT molecular complexity index is 835. The van der Waals surface area contributed by atoms with Crippen molar-refractivity contribution < 1.29 is 23.5 Å². The van der Waals surface area contributed by atoms with Crippen LogP contribution in [-0.4, -0.2) is 35.7 Å². The first-order valence-electron chi connectivity index (χ1n) is 8.75. The molecule has 0 radical (unpaired) electrons. The Hall–Kier alpha value is -3.02. The Morgan fingerprint density at radius 2 is 1.81 bits per heavy atom. The molecule has 140 valence electrons. The van der Waals surface area contributed by atoms with Gasteiger partial charge in [-0.1, -0.05) is 30.3 Å². The van der Waals surface area contributed by atoms with Gasteiger partial charge in [0.1, 0.15) is 5.82 Å². The molecule has 0 aliphatic carbocycles. The molecule has 3 rings (SSSR count). The van der Waals surface area contributed by atoms with Crippen LogP contribution in [0.1, 0.15) is 35.3 Å². The van der Waals surface area contributed by atoms with Crippen LogP contribution in [-0.2, 0) is 14.3 Å². The number of rotatable bonds is 6. The van der Waals surface area contributed by atoms with E-state index >= 15 is 0 Å². The molecule has 0 aromatic heterocycles. The molecule has 1 saturated heterocycles. The van der Waals surface area contributed by atoms with Crippen molar-refractivity contribution in [3.8, 4) is 0 Å². The molecule has 5 nitrogen and oxygen atoms in total. The predicted molar refractivity (Wildman–Crippen MR) is 96.4 cm³/mol. The first-order chi connectivity index (χ1) is 13.0. The number of carbonyl (C=O) groups excluding carboxylic acids is 3. The second-order valence-electron chi connectivity index (χ2n) is 6.57. The van der Waals surface area contributed by atoms with E-state index in [-0.39, 0.29) is 30.5 Å². The Labute approximate surface area is 156 Å². The van der Waals surface area contributed by atoms with Crippen molar-refractivity contribution in [1.29, 1.82) is 0 Å². The van der Waals surface area contributed by atoms with Gasteiger partial charge in [0, 0.05) is 18.5 Å². The van der Waals surface area contributed by atoms with Gasteiger partial charge in [-0.25, -0.2) is 4.39 Å². The van der Waals surface area contributed by atoms with E-state index in [9.17, 15) is 18.8 Å². The summed E-state index contributed by atoms with van der Waals surface area (Å²) < 4.78 is 18.0. The van der Waals surface area contributed by atoms with E-state index in [4.69, 9.17) is 4.74 Å². The maximum absolute atomic E-state index is 12.9. The van der Waals surface area contributed by atoms with Crippen LogP contribution >= 0.6 is 0 Å². The minimum absolute atomic E-state index is 0.0702. The molecule has 1 fully saturated rings. The molecule has 2 aromatic rings. The monoisotopic (exact) mass is 369 g/mol. The first kappa shape index (κ1) is 18.8. The highest BCUT2D eigenvalue weighted by Gasteiger charge is 2.38. The Morgan fingerprint density at radius 1 is 1.15 bits per heavy atom. The minimum Gasteiger partial charge on any atom is -0.457 e. The fourth-order valence-corrected chi connectivity index (χ4v) is 3.15. The molecule has 0 N–H and O–H groups in total. The number of ether oxygens (including phenoxy) is 1. The van der Waals surface area contributed by atoms with Crippen molar-refractivity contribution >= 4 is 17.7 Å². The lowest BCUT2D eigenvalue weighted by Gasteiger charge is -2.25. The average molecular weight is 369 g/mol. The molecule has 0 bridgehead atoms. The van der Waals surface area contributed by atoms with Gasteiger partial charge in [0.25, 0.3) is 0 Å². The maximum Gasteiger partial charge on any atom is 0.311 e. The number of amides is 1. The molecule has 1 amide bonds. The molecule has 1 aliphatic heterocycles. The van der Waals surface area contributed by atoms with Gasteiger partial charge in [0.15, 0.2) is 12.4 Å². The highest BCUT2D eigenvalue weighted by Crippen LogP contribution is 2.29. The third kappa shape index (κ3) is 4.39. The third-order valence-corrected chi connectivity index (χ3v) is 4.75. The summed E-state index contributed by atoms with van der Waals surface area (Å²) in [5.74, 6) is -2.13. The van der Waals surface area contributed by atoms with Crippen LogP contribution in [0.2, 0.25) is 0 Å². The largest absolute Gasteiger partial charge is 0.457 e. The maximum atomic E-state index is 12.9. The van der Waals surface area contributed by atoms with E-state index in [1.54, 1.807) is 4.90 Å². The van der Waals surface area contributed by atoms with Gasteiger partial charge < -0.3 is 9.64 Å². The molecule has 2 atom stereocenters. The summed E-state index contributed by atoms with van der Waals surface area (Å²) >= 11 is 0. The van der Waals surface area contributed by atoms with Crippen LogP contribution in [0.15, 0.2) is 54.6 Å². The smallest absolute Gasteiger partial charge is 0.311 e. The van der Waals surface area contributed by atoms with Crippen molar-refractivity contribution in [3.63, 3.8) is 0 Å². The standard InChI is InChI=1S/C21H20FNO4/c1-14(15-5-3-2-4-6-15)23-12-17(11-20(23)25)21(26)27-13-19(24)16-7-9-18(22)10-8-16/h2-10,14,17H,11-13H2,1H3/t14-,17+/m1/s1. The fraction of sp³-hybridized carbons (Fsp3) is 0.286. The van der Waals surface area contributed by atoms with Crippen LogP contribution in [0.4, 0.5) is 4.39 Å². The molecular weight excluding hydrogens is 349 g/mol. The summed E-state index contributed by atoms with van der Waals surface area (Å²) in [5.41, 5.74) is 1.26. The summed E-state index contributed by atoms with van der Waals surface area (Å²) in [6, 6.07) is 14.5. The van der Waals surface area contributed by atoms with Crippen LogP contribution in [0.3, 0.4) is 0 Å². The second-order valence-corrected chi connectivity index (χ2v) is 6.57. The molecule has 2 aromatic carbocycles. The molecule has 1 aliphatic rings. The Morgan fingerprint density at radius 3 is 2.48 bits per heavy atom. The van der Waals surface area contributed by atoms with Gasteiger partial charge in [0.05, 0.1) is 12.0 Å². The van der Waals surface area contributed by atoms with Crippen LogP contribution in [0.5, 0.6) is 0 Å². The lowest BCUT2D eigenvalue weighted by Crippen LogP contribution is -2.30. The average Bonchev–Trinajstić information content (AvgIpc) is 3.08. The molecule has 0 spiro atoms. The summed E-state index contributed by atoms with van der Waals surface area (Å²) in [4.78, 5) is 38.3. The number of benzene rings is 2. The minimum atomic E-state index is -0.593. The van der Waals surface area contributed by atoms with Gasteiger partial charge in [-0.15, -0.1) is 0 Å². The summed E-state index contributed by atoms with van der Waals surface area (Å²) in [7, 11) is 0. The van der Waals surface area contributed by atoms with Gasteiger partial charge in [0.2, 0.25) is 5.91 Å². The number of nitrogens with zero attached hydrogens (tertiary/aromatic N) is 1. The number of hydrogen-bond donors (Lipinski definition) is 0. The fourth-order valence-electron chi connectivity index (χ4n) is 3.15. The van der Waals surface area contributed by atoms with Crippen molar-refractivity contribution in [3.05, 3.63) is 71.5 Å². The molecule has 27 heavy (non-hydrogen) atoms. The molecule has 0 unspecified atom stereocenters. The normalized spacial score (nSPS) is 17.6. The van der Waals surface area contributed by atoms with E-state index in [0.717, 1.165) is 5.56 Å². The number of carbonyl (C=O) groups is 3. The Kier molecular flexibility index (Phi) is 5.64. The van der Waals surface area contributed by atoms with Crippen molar-refractivity contribution in [2.75, 3.05) is 13.2 Å². The highest BCUT2D eigenvalue weighted by atomic mass is 19.1. The zero-order chi connectivity index (χ0) is 19.4. The number of likely N-dealkylation sites (tertiary alicyclic amines) is 1. The number of ketones is 1. The van der Waals surface area contributed by atoms with Gasteiger partial charge in [-0.05, 0) is 36.8 Å². The summed E-state index contributed by atoms with van der Waals surface area (Å²) in [5, 5.41) is 0. The quantitative estimate of drug-likeness (QED) is 0.580.